The molecule has 1 aromatic rings. The second-order valence-corrected chi connectivity index (χ2v) is 5.89. The van der Waals surface area contributed by atoms with E-state index in [0.717, 1.165) is 26.2 Å². The van der Waals surface area contributed by atoms with Crippen LogP contribution in [0, 0.1) is 0 Å². The summed E-state index contributed by atoms with van der Waals surface area (Å²) in [5.41, 5.74) is 1.38. The molecule has 4 heteroatoms. The number of thiophene rings is 1. The molecule has 0 radical (unpaired) electrons. The van der Waals surface area contributed by atoms with Gasteiger partial charge in [-0.05, 0) is 46.4 Å². The van der Waals surface area contributed by atoms with E-state index in [0.29, 0.717) is 6.04 Å². The van der Waals surface area contributed by atoms with E-state index in [2.05, 4.69) is 39.3 Å². The van der Waals surface area contributed by atoms with E-state index < -0.39 is 0 Å². The second-order valence-electron chi connectivity index (χ2n) is 3.65. The molecule has 1 atom stereocenters. The standard InChI is InChI=1S/C10H14BrNOS/c1-12(9-2-4-13-7-9)6-8-3-5-14-10(8)11/h3,5,9H,2,4,6-7H2,1H3. The lowest BCUT2D eigenvalue weighted by molar-refractivity contribution is 0.156. The van der Waals surface area contributed by atoms with Crippen molar-refractivity contribution in [3.63, 3.8) is 0 Å². The van der Waals surface area contributed by atoms with Crippen LogP contribution in [0.3, 0.4) is 0 Å². The lowest BCUT2D eigenvalue weighted by Gasteiger charge is -2.22. The van der Waals surface area contributed by atoms with Gasteiger partial charge in [-0.2, -0.15) is 0 Å². The van der Waals surface area contributed by atoms with Crippen LogP contribution in [0.2, 0.25) is 0 Å². The van der Waals surface area contributed by atoms with Crippen LogP contribution < -0.4 is 0 Å². The predicted molar refractivity (Wildman–Crippen MR) is 62.7 cm³/mol. The average Bonchev–Trinajstić information content (AvgIpc) is 2.77. The third-order valence-corrected chi connectivity index (χ3v) is 4.45. The number of halogens is 1. The zero-order chi connectivity index (χ0) is 9.97. The molecule has 0 N–H and O–H groups in total. The SMILES string of the molecule is CN(Cc1ccsc1Br)C1CCOC1. The Morgan fingerprint density at radius 2 is 2.57 bits per heavy atom. The van der Waals surface area contributed by atoms with Crippen molar-refractivity contribution in [1.29, 1.82) is 0 Å². The Morgan fingerprint density at radius 3 is 3.14 bits per heavy atom. The van der Waals surface area contributed by atoms with Crippen molar-refractivity contribution < 1.29 is 4.74 Å². The summed E-state index contributed by atoms with van der Waals surface area (Å²) in [5.74, 6) is 0. The Kier molecular flexibility index (Phi) is 3.60. The number of likely N-dealkylation sites (N-methyl/N-ethyl adjacent to an activating group) is 1. The molecule has 1 aliphatic rings. The highest BCUT2D eigenvalue weighted by atomic mass is 79.9. The molecule has 1 aliphatic heterocycles. The summed E-state index contributed by atoms with van der Waals surface area (Å²) in [6.45, 7) is 2.82. The summed E-state index contributed by atoms with van der Waals surface area (Å²) in [6.07, 6.45) is 1.16. The molecule has 0 aliphatic carbocycles. The molecule has 1 unspecified atom stereocenters. The molecule has 0 amide bonds. The van der Waals surface area contributed by atoms with Gasteiger partial charge in [-0.25, -0.2) is 0 Å². The number of rotatable bonds is 3. The Bertz CT molecular complexity index is 296. The molecule has 0 aromatic carbocycles. The van der Waals surface area contributed by atoms with Crippen LogP contribution in [0.15, 0.2) is 15.2 Å². The minimum absolute atomic E-state index is 0.599. The maximum absolute atomic E-state index is 5.38. The Balaban J connectivity index is 1.93. The fourth-order valence-electron chi connectivity index (χ4n) is 1.70. The maximum Gasteiger partial charge on any atom is 0.0743 e. The van der Waals surface area contributed by atoms with E-state index in [1.807, 2.05) is 0 Å². The quantitative estimate of drug-likeness (QED) is 0.841. The lowest BCUT2D eigenvalue weighted by Crippen LogP contribution is -2.31. The molecule has 0 spiro atoms. The molecule has 0 saturated carbocycles. The minimum Gasteiger partial charge on any atom is -0.380 e. The number of nitrogens with zero attached hydrogens (tertiary/aromatic N) is 1. The van der Waals surface area contributed by atoms with Gasteiger partial charge in [0.1, 0.15) is 0 Å². The summed E-state index contributed by atoms with van der Waals surface area (Å²) in [6, 6.07) is 2.78. The molecule has 78 valence electrons. The van der Waals surface area contributed by atoms with E-state index in [9.17, 15) is 0 Å². The van der Waals surface area contributed by atoms with Crippen molar-refractivity contribution >= 4 is 27.3 Å². The summed E-state index contributed by atoms with van der Waals surface area (Å²) in [7, 11) is 2.17. The molecule has 1 fully saturated rings. The fraction of sp³-hybridized carbons (Fsp3) is 0.600. The van der Waals surface area contributed by atoms with Gasteiger partial charge < -0.3 is 4.74 Å². The van der Waals surface area contributed by atoms with Crippen molar-refractivity contribution in [2.45, 2.75) is 19.0 Å². The van der Waals surface area contributed by atoms with Crippen LogP contribution in [-0.4, -0.2) is 31.2 Å². The van der Waals surface area contributed by atoms with Crippen molar-refractivity contribution in [2.24, 2.45) is 0 Å². The molecule has 1 aromatic heterocycles. The summed E-state index contributed by atoms with van der Waals surface area (Å²) < 4.78 is 6.63. The van der Waals surface area contributed by atoms with Crippen LogP contribution in [0.25, 0.3) is 0 Å². The van der Waals surface area contributed by atoms with Crippen LogP contribution in [0.4, 0.5) is 0 Å². The molecule has 2 rings (SSSR count). The van der Waals surface area contributed by atoms with E-state index in [-0.39, 0.29) is 0 Å². The number of ether oxygens (including phenoxy) is 1. The van der Waals surface area contributed by atoms with Crippen molar-refractivity contribution in [1.82, 2.24) is 4.90 Å². The highest BCUT2D eigenvalue weighted by Gasteiger charge is 2.20. The lowest BCUT2D eigenvalue weighted by atomic mass is 10.2. The largest absolute Gasteiger partial charge is 0.380 e. The van der Waals surface area contributed by atoms with E-state index in [1.54, 1.807) is 11.3 Å². The zero-order valence-corrected chi connectivity index (χ0v) is 10.6. The summed E-state index contributed by atoms with van der Waals surface area (Å²) in [5, 5.41) is 2.12. The van der Waals surface area contributed by atoms with E-state index in [4.69, 9.17) is 4.74 Å². The minimum atomic E-state index is 0.599. The monoisotopic (exact) mass is 275 g/mol. The van der Waals surface area contributed by atoms with Gasteiger partial charge in [0.15, 0.2) is 0 Å². The molecule has 1 saturated heterocycles. The van der Waals surface area contributed by atoms with Crippen molar-refractivity contribution in [3.8, 4) is 0 Å². The van der Waals surface area contributed by atoms with Gasteiger partial charge >= 0.3 is 0 Å². The molecule has 2 heterocycles. The first-order valence-electron chi connectivity index (χ1n) is 4.77. The fourth-order valence-corrected chi connectivity index (χ4v) is 2.92. The normalized spacial score (nSPS) is 22.1. The van der Waals surface area contributed by atoms with Gasteiger partial charge in [0, 0.05) is 19.2 Å². The van der Waals surface area contributed by atoms with Crippen LogP contribution in [-0.2, 0) is 11.3 Å². The third kappa shape index (κ3) is 2.37. The molecular formula is C10H14BrNOS. The van der Waals surface area contributed by atoms with Crippen LogP contribution >= 0.6 is 27.3 Å². The highest BCUT2D eigenvalue weighted by Crippen LogP contribution is 2.25. The van der Waals surface area contributed by atoms with Crippen molar-refractivity contribution in [2.75, 3.05) is 20.3 Å². The number of hydrogen-bond acceptors (Lipinski definition) is 3. The van der Waals surface area contributed by atoms with Crippen LogP contribution in [0.1, 0.15) is 12.0 Å². The first-order chi connectivity index (χ1) is 6.77. The average molecular weight is 276 g/mol. The zero-order valence-electron chi connectivity index (χ0n) is 8.20. The smallest absolute Gasteiger partial charge is 0.0743 e. The van der Waals surface area contributed by atoms with Gasteiger partial charge in [-0.3, -0.25) is 4.90 Å². The maximum atomic E-state index is 5.38. The molecule has 0 bridgehead atoms. The molecular weight excluding hydrogens is 262 g/mol. The van der Waals surface area contributed by atoms with Gasteiger partial charge in [-0.1, -0.05) is 0 Å². The van der Waals surface area contributed by atoms with Crippen molar-refractivity contribution in [3.05, 3.63) is 20.8 Å². The van der Waals surface area contributed by atoms with Gasteiger partial charge in [-0.15, -0.1) is 11.3 Å². The summed E-state index contributed by atoms with van der Waals surface area (Å²) in [4.78, 5) is 2.37. The Hall–Kier alpha value is 0.1000. The van der Waals surface area contributed by atoms with Gasteiger partial charge in [0.05, 0.1) is 10.4 Å². The first kappa shape index (κ1) is 10.6. The van der Waals surface area contributed by atoms with E-state index >= 15 is 0 Å². The highest BCUT2D eigenvalue weighted by molar-refractivity contribution is 9.11. The van der Waals surface area contributed by atoms with Gasteiger partial charge in [0.2, 0.25) is 0 Å². The number of hydrogen-bond donors (Lipinski definition) is 0. The third-order valence-electron chi connectivity index (χ3n) is 2.64. The van der Waals surface area contributed by atoms with Gasteiger partial charge in [0.25, 0.3) is 0 Å². The Labute approximate surface area is 97.0 Å². The molecule has 14 heavy (non-hydrogen) atoms. The van der Waals surface area contributed by atoms with Crippen LogP contribution in [0.5, 0.6) is 0 Å². The Morgan fingerprint density at radius 1 is 1.71 bits per heavy atom. The second kappa shape index (κ2) is 4.75. The van der Waals surface area contributed by atoms with E-state index in [1.165, 1.54) is 9.35 Å². The first-order valence-corrected chi connectivity index (χ1v) is 6.44. The summed E-state index contributed by atoms with van der Waals surface area (Å²) >= 11 is 5.31. The predicted octanol–water partition coefficient (Wildman–Crippen LogP) is 2.73. The molecule has 2 nitrogen and oxygen atoms in total. The topological polar surface area (TPSA) is 12.5 Å².